The van der Waals surface area contributed by atoms with E-state index in [4.69, 9.17) is 0 Å². The van der Waals surface area contributed by atoms with E-state index in [1.54, 1.807) is 5.56 Å². The van der Waals surface area contributed by atoms with Gasteiger partial charge in [0.25, 0.3) is 0 Å². The summed E-state index contributed by atoms with van der Waals surface area (Å²) in [4.78, 5) is 0. The smallest absolute Gasteiger partial charge is 0.0351 e. The maximum atomic E-state index is 3.86. The quantitative estimate of drug-likeness (QED) is 0.732. The van der Waals surface area contributed by atoms with Crippen LogP contribution >= 0.6 is 0 Å². The van der Waals surface area contributed by atoms with Crippen molar-refractivity contribution in [2.24, 2.45) is 5.92 Å². The molecule has 1 saturated carbocycles. The fourth-order valence-corrected chi connectivity index (χ4v) is 3.83. The normalized spacial score (nSPS) is 19.0. The van der Waals surface area contributed by atoms with Crippen molar-refractivity contribution in [3.63, 3.8) is 0 Å². The molecule has 1 unspecified atom stereocenters. The van der Waals surface area contributed by atoms with E-state index in [9.17, 15) is 0 Å². The summed E-state index contributed by atoms with van der Waals surface area (Å²) in [5, 5.41) is 3.86. The van der Waals surface area contributed by atoms with Crippen LogP contribution < -0.4 is 5.32 Å². The Hall–Kier alpha value is -0.820. The second kappa shape index (κ2) is 8.58. The molecule has 0 aliphatic heterocycles. The van der Waals surface area contributed by atoms with Crippen molar-refractivity contribution in [2.75, 3.05) is 6.54 Å². The molecule has 0 radical (unpaired) electrons. The SMILES string of the molecule is CCCNC(c1ccc(C)cc1C)C1CCCCCCC1. The van der Waals surface area contributed by atoms with Crippen molar-refractivity contribution >= 4 is 0 Å². The lowest BCUT2D eigenvalue weighted by Crippen LogP contribution is -2.30. The van der Waals surface area contributed by atoms with Crippen LogP contribution in [0.3, 0.4) is 0 Å². The minimum absolute atomic E-state index is 0.559. The van der Waals surface area contributed by atoms with Crippen LogP contribution in [0.15, 0.2) is 18.2 Å². The molecule has 2 rings (SSSR count). The first-order valence-corrected chi connectivity index (χ1v) is 9.03. The molecule has 1 atom stereocenters. The molecular weight excluding hydrogens is 254 g/mol. The molecule has 21 heavy (non-hydrogen) atoms. The lowest BCUT2D eigenvalue weighted by molar-refractivity contribution is 0.288. The average Bonchev–Trinajstić information content (AvgIpc) is 2.42. The van der Waals surface area contributed by atoms with Gasteiger partial charge in [-0.1, -0.05) is 62.8 Å². The van der Waals surface area contributed by atoms with Gasteiger partial charge in [0, 0.05) is 6.04 Å². The number of hydrogen-bond donors (Lipinski definition) is 1. The Bertz CT molecular complexity index is 416. The number of hydrogen-bond acceptors (Lipinski definition) is 1. The van der Waals surface area contributed by atoms with E-state index in [-0.39, 0.29) is 0 Å². The molecule has 1 N–H and O–H groups in total. The minimum Gasteiger partial charge on any atom is -0.310 e. The highest BCUT2D eigenvalue weighted by Crippen LogP contribution is 2.34. The second-order valence-corrected chi connectivity index (χ2v) is 6.90. The Morgan fingerprint density at radius 1 is 1.05 bits per heavy atom. The zero-order valence-corrected chi connectivity index (χ0v) is 14.3. The second-order valence-electron chi connectivity index (χ2n) is 6.90. The van der Waals surface area contributed by atoms with Crippen molar-refractivity contribution in [3.05, 3.63) is 34.9 Å². The number of rotatable bonds is 5. The van der Waals surface area contributed by atoms with E-state index in [0.29, 0.717) is 6.04 Å². The Morgan fingerprint density at radius 2 is 1.71 bits per heavy atom. The third-order valence-corrected chi connectivity index (χ3v) is 5.00. The Kier molecular flexibility index (Phi) is 6.76. The zero-order valence-electron chi connectivity index (χ0n) is 14.3. The van der Waals surface area contributed by atoms with Crippen LogP contribution in [-0.4, -0.2) is 6.54 Å². The van der Waals surface area contributed by atoms with Gasteiger partial charge in [-0.3, -0.25) is 0 Å². The van der Waals surface area contributed by atoms with Gasteiger partial charge in [-0.05, 0) is 56.7 Å². The highest BCUT2D eigenvalue weighted by atomic mass is 14.9. The molecule has 0 amide bonds. The van der Waals surface area contributed by atoms with Crippen molar-refractivity contribution in [1.82, 2.24) is 5.32 Å². The third-order valence-electron chi connectivity index (χ3n) is 5.00. The van der Waals surface area contributed by atoms with E-state index in [1.807, 2.05) is 0 Å². The van der Waals surface area contributed by atoms with Gasteiger partial charge in [-0.2, -0.15) is 0 Å². The lowest BCUT2D eigenvalue weighted by atomic mass is 9.81. The fourth-order valence-electron chi connectivity index (χ4n) is 3.83. The van der Waals surface area contributed by atoms with Crippen LogP contribution in [0.25, 0.3) is 0 Å². The molecule has 0 aromatic heterocycles. The summed E-state index contributed by atoms with van der Waals surface area (Å²) >= 11 is 0. The summed E-state index contributed by atoms with van der Waals surface area (Å²) in [7, 11) is 0. The van der Waals surface area contributed by atoms with Crippen LogP contribution in [0.2, 0.25) is 0 Å². The van der Waals surface area contributed by atoms with Crippen LogP contribution in [0.1, 0.15) is 81.0 Å². The number of benzene rings is 1. The van der Waals surface area contributed by atoms with Crippen molar-refractivity contribution in [2.45, 2.75) is 78.2 Å². The topological polar surface area (TPSA) is 12.0 Å². The fraction of sp³-hybridized carbons (Fsp3) is 0.700. The van der Waals surface area contributed by atoms with E-state index < -0.39 is 0 Å². The number of aryl methyl sites for hydroxylation is 2. The molecule has 0 bridgehead atoms. The summed E-state index contributed by atoms with van der Waals surface area (Å²) in [6.45, 7) is 7.88. The maximum absolute atomic E-state index is 3.86. The molecule has 1 aromatic carbocycles. The standard InChI is InChI=1S/C20H33N/c1-4-14-21-20(18-10-8-6-5-7-9-11-18)19-13-12-16(2)15-17(19)3/h12-13,15,18,20-21H,4-11,14H2,1-3H3. The van der Waals surface area contributed by atoms with Gasteiger partial charge in [0.2, 0.25) is 0 Å². The van der Waals surface area contributed by atoms with Crippen LogP contribution in [-0.2, 0) is 0 Å². The molecule has 1 nitrogen and oxygen atoms in total. The Morgan fingerprint density at radius 3 is 2.33 bits per heavy atom. The highest BCUT2D eigenvalue weighted by molar-refractivity contribution is 5.33. The van der Waals surface area contributed by atoms with Gasteiger partial charge in [0.1, 0.15) is 0 Å². The van der Waals surface area contributed by atoms with Crippen molar-refractivity contribution in [3.8, 4) is 0 Å². The summed E-state index contributed by atoms with van der Waals surface area (Å²) in [5.41, 5.74) is 4.38. The predicted octanol–water partition coefficient (Wildman–Crippen LogP) is 5.70. The zero-order chi connectivity index (χ0) is 15.1. The molecular formula is C20H33N. The largest absolute Gasteiger partial charge is 0.310 e. The van der Waals surface area contributed by atoms with Crippen LogP contribution in [0.5, 0.6) is 0 Å². The van der Waals surface area contributed by atoms with Gasteiger partial charge in [0.05, 0.1) is 0 Å². The van der Waals surface area contributed by atoms with Gasteiger partial charge in [-0.25, -0.2) is 0 Å². The van der Waals surface area contributed by atoms with Gasteiger partial charge >= 0.3 is 0 Å². The molecule has 1 aromatic rings. The van der Waals surface area contributed by atoms with Crippen molar-refractivity contribution in [1.29, 1.82) is 0 Å². The van der Waals surface area contributed by atoms with Gasteiger partial charge in [0.15, 0.2) is 0 Å². The first kappa shape index (κ1) is 16.5. The average molecular weight is 287 g/mol. The number of nitrogens with one attached hydrogen (secondary N) is 1. The molecule has 118 valence electrons. The predicted molar refractivity (Wildman–Crippen MR) is 92.8 cm³/mol. The molecule has 0 spiro atoms. The van der Waals surface area contributed by atoms with E-state index in [1.165, 1.54) is 62.5 Å². The maximum Gasteiger partial charge on any atom is 0.0351 e. The summed E-state index contributed by atoms with van der Waals surface area (Å²) in [6.07, 6.45) is 11.2. The lowest BCUT2D eigenvalue weighted by Gasteiger charge is -2.31. The van der Waals surface area contributed by atoms with E-state index in [2.05, 4.69) is 44.3 Å². The molecule has 0 saturated heterocycles. The summed E-state index contributed by atoms with van der Waals surface area (Å²) < 4.78 is 0. The first-order chi connectivity index (χ1) is 10.2. The van der Waals surface area contributed by atoms with Crippen LogP contribution in [0, 0.1) is 19.8 Å². The summed E-state index contributed by atoms with van der Waals surface area (Å²) in [5.74, 6) is 0.818. The van der Waals surface area contributed by atoms with E-state index in [0.717, 1.165) is 12.5 Å². The molecule has 1 aliphatic carbocycles. The molecule has 1 heteroatoms. The van der Waals surface area contributed by atoms with Gasteiger partial charge in [-0.15, -0.1) is 0 Å². The van der Waals surface area contributed by atoms with E-state index >= 15 is 0 Å². The molecule has 0 heterocycles. The third kappa shape index (κ3) is 4.85. The first-order valence-electron chi connectivity index (χ1n) is 9.03. The van der Waals surface area contributed by atoms with Crippen molar-refractivity contribution < 1.29 is 0 Å². The minimum atomic E-state index is 0.559. The van der Waals surface area contributed by atoms with Gasteiger partial charge < -0.3 is 5.32 Å². The highest BCUT2D eigenvalue weighted by Gasteiger charge is 2.24. The Labute approximate surface area is 131 Å². The Balaban J connectivity index is 2.18. The summed E-state index contributed by atoms with van der Waals surface area (Å²) in [6, 6.07) is 7.56. The molecule has 1 fully saturated rings. The van der Waals surface area contributed by atoms with Crippen LogP contribution in [0.4, 0.5) is 0 Å². The monoisotopic (exact) mass is 287 g/mol. The molecule has 1 aliphatic rings.